The molecule has 20 heavy (non-hydrogen) atoms. The van der Waals surface area contributed by atoms with Crippen molar-refractivity contribution in [3.05, 3.63) is 29.8 Å². The van der Waals surface area contributed by atoms with Crippen molar-refractivity contribution in [3.63, 3.8) is 0 Å². The molecule has 0 spiro atoms. The van der Waals surface area contributed by atoms with E-state index in [9.17, 15) is 13.6 Å². The third-order valence-electron chi connectivity index (χ3n) is 3.48. The molecule has 5 heteroatoms. The second-order valence-electron chi connectivity index (χ2n) is 5.04. The smallest absolute Gasteiger partial charge is 0.414 e. The molecule has 1 fully saturated rings. The Hall–Kier alpha value is -1.65. The Bertz CT molecular complexity index is 479. The van der Waals surface area contributed by atoms with E-state index >= 15 is 0 Å². The molecule has 0 aromatic heterocycles. The standard InChI is InChI=1S/C15H19F2NO2/c1-2-3-4-5-7-11-10-18(15(19)20-11)13-9-6-8-12(16)14(13)17/h6,8-9,11H,2-5,7,10H2,1H3. The van der Waals surface area contributed by atoms with Crippen LogP contribution in [-0.4, -0.2) is 18.7 Å². The van der Waals surface area contributed by atoms with Crippen LogP contribution in [0.15, 0.2) is 18.2 Å². The molecule has 1 atom stereocenters. The van der Waals surface area contributed by atoms with Gasteiger partial charge in [-0.05, 0) is 25.0 Å². The molecule has 3 nitrogen and oxygen atoms in total. The second kappa shape index (κ2) is 6.68. The first-order valence-corrected chi connectivity index (χ1v) is 7.05. The number of ether oxygens (including phenoxy) is 1. The highest BCUT2D eigenvalue weighted by Gasteiger charge is 2.33. The highest BCUT2D eigenvalue weighted by molar-refractivity contribution is 5.89. The average molecular weight is 283 g/mol. The van der Waals surface area contributed by atoms with Crippen molar-refractivity contribution in [1.29, 1.82) is 0 Å². The number of amides is 1. The lowest BCUT2D eigenvalue weighted by Crippen LogP contribution is -2.25. The molecule has 0 aliphatic carbocycles. The molecular formula is C15H19F2NO2. The first kappa shape index (κ1) is 14.8. The van der Waals surface area contributed by atoms with E-state index in [1.165, 1.54) is 17.0 Å². The summed E-state index contributed by atoms with van der Waals surface area (Å²) in [6, 6.07) is 3.80. The van der Waals surface area contributed by atoms with Gasteiger partial charge < -0.3 is 4.74 Å². The minimum Gasteiger partial charge on any atom is -0.444 e. The molecule has 110 valence electrons. The van der Waals surface area contributed by atoms with Crippen LogP contribution in [0.3, 0.4) is 0 Å². The largest absolute Gasteiger partial charge is 0.444 e. The Kier molecular flexibility index (Phi) is 4.93. The van der Waals surface area contributed by atoms with Crippen LogP contribution in [0.2, 0.25) is 0 Å². The maximum atomic E-state index is 13.7. The number of benzene rings is 1. The molecule has 2 rings (SSSR count). The van der Waals surface area contributed by atoms with Gasteiger partial charge in [0, 0.05) is 0 Å². The van der Waals surface area contributed by atoms with Crippen molar-refractivity contribution < 1.29 is 18.3 Å². The van der Waals surface area contributed by atoms with E-state index in [0.29, 0.717) is 0 Å². The number of unbranched alkanes of at least 4 members (excludes halogenated alkanes) is 3. The van der Waals surface area contributed by atoms with Gasteiger partial charge in [-0.25, -0.2) is 13.6 Å². The molecule has 1 aliphatic rings. The zero-order valence-electron chi connectivity index (χ0n) is 11.6. The van der Waals surface area contributed by atoms with Gasteiger partial charge in [-0.2, -0.15) is 0 Å². The van der Waals surface area contributed by atoms with Gasteiger partial charge in [0.25, 0.3) is 0 Å². The molecule has 1 aromatic carbocycles. The summed E-state index contributed by atoms with van der Waals surface area (Å²) in [7, 11) is 0. The van der Waals surface area contributed by atoms with Gasteiger partial charge in [0.15, 0.2) is 11.6 Å². The molecule has 1 heterocycles. The molecule has 1 unspecified atom stereocenters. The van der Waals surface area contributed by atoms with E-state index in [-0.39, 0.29) is 18.3 Å². The first-order chi connectivity index (χ1) is 9.63. The number of anilines is 1. The zero-order valence-corrected chi connectivity index (χ0v) is 11.6. The summed E-state index contributed by atoms with van der Waals surface area (Å²) in [5.41, 5.74) is -0.0499. The molecule has 0 bridgehead atoms. The summed E-state index contributed by atoms with van der Waals surface area (Å²) in [6.07, 6.45) is 4.30. The molecule has 0 N–H and O–H groups in total. The van der Waals surface area contributed by atoms with Crippen molar-refractivity contribution in [1.82, 2.24) is 0 Å². The summed E-state index contributed by atoms with van der Waals surface area (Å²) in [5.74, 6) is -1.96. The van der Waals surface area contributed by atoms with E-state index in [1.807, 2.05) is 0 Å². The summed E-state index contributed by atoms with van der Waals surface area (Å²) >= 11 is 0. The van der Waals surface area contributed by atoms with Crippen LogP contribution in [0.25, 0.3) is 0 Å². The summed E-state index contributed by atoms with van der Waals surface area (Å²) < 4.78 is 32.1. The molecule has 0 saturated carbocycles. The summed E-state index contributed by atoms with van der Waals surface area (Å²) in [6.45, 7) is 2.41. The predicted octanol–water partition coefficient (Wildman–Crippen LogP) is 4.26. The highest BCUT2D eigenvalue weighted by Crippen LogP contribution is 2.27. The highest BCUT2D eigenvalue weighted by atomic mass is 19.2. The molecule has 1 aliphatic heterocycles. The quantitative estimate of drug-likeness (QED) is 0.730. The van der Waals surface area contributed by atoms with Crippen molar-refractivity contribution in [2.24, 2.45) is 0 Å². The van der Waals surface area contributed by atoms with Crippen molar-refractivity contribution in [2.75, 3.05) is 11.4 Å². The van der Waals surface area contributed by atoms with Gasteiger partial charge >= 0.3 is 6.09 Å². The third-order valence-corrected chi connectivity index (χ3v) is 3.48. The fourth-order valence-corrected chi connectivity index (χ4v) is 2.37. The van der Waals surface area contributed by atoms with E-state index < -0.39 is 17.7 Å². The minimum absolute atomic E-state index is 0.0499. The van der Waals surface area contributed by atoms with Crippen LogP contribution in [0.4, 0.5) is 19.3 Å². The minimum atomic E-state index is -1.00. The van der Waals surface area contributed by atoms with Crippen molar-refractivity contribution in [3.8, 4) is 0 Å². The molecule has 1 amide bonds. The van der Waals surface area contributed by atoms with Crippen molar-refractivity contribution >= 4 is 11.8 Å². The molecule has 0 radical (unpaired) electrons. The Morgan fingerprint density at radius 3 is 2.85 bits per heavy atom. The monoisotopic (exact) mass is 283 g/mol. The van der Waals surface area contributed by atoms with Gasteiger partial charge in [-0.15, -0.1) is 0 Å². The van der Waals surface area contributed by atoms with Crippen LogP contribution in [0.5, 0.6) is 0 Å². The Morgan fingerprint density at radius 1 is 1.30 bits per heavy atom. The summed E-state index contributed by atoms with van der Waals surface area (Å²) in [5, 5.41) is 0. The van der Waals surface area contributed by atoms with Gasteiger partial charge in [0.1, 0.15) is 6.10 Å². The van der Waals surface area contributed by atoms with E-state index in [4.69, 9.17) is 4.74 Å². The van der Waals surface area contributed by atoms with E-state index in [0.717, 1.165) is 38.2 Å². The van der Waals surface area contributed by atoms with Crippen molar-refractivity contribution in [2.45, 2.75) is 45.1 Å². The lowest BCUT2D eigenvalue weighted by molar-refractivity contribution is 0.135. The normalized spacial score (nSPS) is 18.4. The molecular weight excluding hydrogens is 264 g/mol. The van der Waals surface area contributed by atoms with Gasteiger partial charge in [-0.3, -0.25) is 4.90 Å². The average Bonchev–Trinajstić information content (AvgIpc) is 2.79. The number of nitrogens with zero attached hydrogens (tertiary/aromatic N) is 1. The lowest BCUT2D eigenvalue weighted by Gasteiger charge is -2.13. The van der Waals surface area contributed by atoms with Crippen LogP contribution in [0, 0.1) is 11.6 Å². The Labute approximate surface area is 117 Å². The number of halogens is 2. The van der Waals surface area contributed by atoms with Gasteiger partial charge in [0.2, 0.25) is 0 Å². The lowest BCUT2D eigenvalue weighted by atomic mass is 10.1. The van der Waals surface area contributed by atoms with Gasteiger partial charge in [-0.1, -0.05) is 32.3 Å². The zero-order chi connectivity index (χ0) is 14.5. The molecule has 1 aromatic rings. The van der Waals surface area contributed by atoms with Crippen LogP contribution in [0.1, 0.15) is 39.0 Å². The number of carbonyl (C=O) groups excluding carboxylic acids is 1. The van der Waals surface area contributed by atoms with Gasteiger partial charge in [0.05, 0.1) is 12.2 Å². The fraction of sp³-hybridized carbons (Fsp3) is 0.533. The number of rotatable bonds is 6. The van der Waals surface area contributed by atoms with Crippen LogP contribution < -0.4 is 4.90 Å². The number of cyclic esters (lactones) is 1. The van der Waals surface area contributed by atoms with E-state index in [2.05, 4.69) is 6.92 Å². The Balaban J connectivity index is 1.97. The third kappa shape index (κ3) is 3.26. The number of hydrogen-bond acceptors (Lipinski definition) is 2. The maximum Gasteiger partial charge on any atom is 0.414 e. The van der Waals surface area contributed by atoms with Crippen LogP contribution >= 0.6 is 0 Å². The summed E-state index contributed by atoms with van der Waals surface area (Å²) in [4.78, 5) is 12.9. The number of carbonyl (C=O) groups is 1. The number of hydrogen-bond donors (Lipinski definition) is 0. The molecule has 1 saturated heterocycles. The SMILES string of the molecule is CCCCCCC1CN(c2cccc(F)c2F)C(=O)O1. The van der Waals surface area contributed by atoms with Crippen LogP contribution in [-0.2, 0) is 4.74 Å². The fourth-order valence-electron chi connectivity index (χ4n) is 2.37. The topological polar surface area (TPSA) is 29.5 Å². The maximum absolute atomic E-state index is 13.7. The second-order valence-corrected chi connectivity index (χ2v) is 5.04. The predicted molar refractivity (Wildman–Crippen MR) is 72.7 cm³/mol. The first-order valence-electron chi connectivity index (χ1n) is 7.05. The van der Waals surface area contributed by atoms with E-state index in [1.54, 1.807) is 0 Å². The Morgan fingerprint density at radius 2 is 2.10 bits per heavy atom.